The third-order valence-electron chi connectivity index (χ3n) is 21.4. The molecule has 2 aliphatic carbocycles. The summed E-state index contributed by atoms with van der Waals surface area (Å²) in [6.07, 6.45) is 0. The molecule has 0 fully saturated rings. The fourth-order valence-electron chi connectivity index (χ4n) is 16.8. The van der Waals surface area contributed by atoms with Crippen LogP contribution in [0.4, 0.5) is 0 Å². The molecule has 0 amide bonds. The maximum absolute atomic E-state index is 5.39. The van der Waals surface area contributed by atoms with Crippen molar-refractivity contribution in [2.75, 3.05) is 0 Å². The molecule has 18 aromatic rings. The highest BCUT2D eigenvalue weighted by Gasteiger charge is 2.37. The maximum Gasteiger partial charge on any atom is 0.160 e. The van der Waals surface area contributed by atoms with Crippen molar-refractivity contribution < 1.29 is 0 Å². The highest BCUT2D eigenvalue weighted by molar-refractivity contribution is 6.16. The second-order valence-corrected chi connectivity index (χ2v) is 27.3. The molecule has 0 saturated heterocycles. The summed E-state index contributed by atoms with van der Waals surface area (Å²) in [7, 11) is 0. The first-order chi connectivity index (χ1) is 46.6. The van der Waals surface area contributed by atoms with Crippen LogP contribution in [0.2, 0.25) is 0 Å². The standard InChI is InChI=1S/C90H61N5/c1-89(2)75-26-14-10-22-65(75)67-41-39-62(52-77(67)89)94-80-28-16-12-24-69(80)71-48-57(33-44-82(71)94)59-35-46-84-73(50-59)74-51-60(58-34-45-83-72(49-58)70-25-13-17-29-81(70)95(83)63-40-42-68-66-23-11-15-27-76(66)90(3,4)78(68)53-63)36-47-85(74)93(84)61-37-30-55(31-38-61)87-86-64-21-9-8-18-54(64)32-43-79(86)91-88(92-87)56-19-6-5-7-20-56/h5-53H,1-4H3. The topological polar surface area (TPSA) is 40.6 Å². The summed E-state index contributed by atoms with van der Waals surface area (Å²) in [5, 5.41) is 10.7. The van der Waals surface area contributed by atoms with Gasteiger partial charge in [0.15, 0.2) is 5.82 Å². The zero-order chi connectivity index (χ0) is 63.0. The molecular weight excluding hydrogens is 1150 g/mol. The van der Waals surface area contributed by atoms with Crippen LogP contribution in [0.3, 0.4) is 0 Å². The Balaban J connectivity index is 0.748. The Morgan fingerprint density at radius 1 is 0.253 bits per heavy atom. The van der Waals surface area contributed by atoms with Crippen molar-refractivity contribution in [3.8, 4) is 84.2 Å². The molecule has 14 aromatic carbocycles. The van der Waals surface area contributed by atoms with Crippen LogP contribution >= 0.6 is 0 Å². The molecule has 0 unspecified atom stereocenters. The average Bonchev–Trinajstić information content (AvgIpc) is 1.68. The van der Waals surface area contributed by atoms with Crippen molar-refractivity contribution in [2.24, 2.45) is 0 Å². The molecule has 95 heavy (non-hydrogen) atoms. The molecule has 0 spiro atoms. The molecule has 0 aliphatic heterocycles. The first-order valence-electron chi connectivity index (χ1n) is 33.1. The zero-order valence-electron chi connectivity index (χ0n) is 53.0. The molecule has 446 valence electrons. The lowest BCUT2D eigenvalue weighted by Gasteiger charge is -2.22. The summed E-state index contributed by atoms with van der Waals surface area (Å²) in [5.41, 5.74) is 29.6. The molecule has 0 atom stereocenters. The van der Waals surface area contributed by atoms with E-state index in [9.17, 15) is 0 Å². The van der Waals surface area contributed by atoms with Crippen molar-refractivity contribution in [1.82, 2.24) is 23.7 Å². The van der Waals surface area contributed by atoms with Crippen LogP contribution in [0.25, 0.3) is 171 Å². The highest BCUT2D eigenvalue weighted by Crippen LogP contribution is 2.52. The molecule has 20 rings (SSSR count). The second kappa shape index (κ2) is 19.8. The first kappa shape index (κ1) is 53.7. The Kier molecular flexibility index (Phi) is 11.2. The fraction of sp³-hybridized carbons (Fsp3) is 0.0667. The minimum Gasteiger partial charge on any atom is -0.309 e. The van der Waals surface area contributed by atoms with Crippen LogP contribution in [0.1, 0.15) is 49.9 Å². The summed E-state index contributed by atoms with van der Waals surface area (Å²) >= 11 is 0. The predicted octanol–water partition coefficient (Wildman–Crippen LogP) is 23.4. The normalized spacial score (nSPS) is 13.6. The van der Waals surface area contributed by atoms with Crippen molar-refractivity contribution in [2.45, 2.75) is 38.5 Å². The minimum absolute atomic E-state index is 0.110. The van der Waals surface area contributed by atoms with Gasteiger partial charge in [-0.3, -0.25) is 0 Å². The molecule has 0 radical (unpaired) electrons. The predicted molar refractivity (Wildman–Crippen MR) is 397 cm³/mol. The lowest BCUT2D eigenvalue weighted by molar-refractivity contribution is 0.660. The third-order valence-corrected chi connectivity index (χ3v) is 21.4. The second-order valence-electron chi connectivity index (χ2n) is 27.3. The number of para-hydroxylation sites is 2. The molecule has 4 aromatic heterocycles. The van der Waals surface area contributed by atoms with E-state index < -0.39 is 0 Å². The summed E-state index contributed by atoms with van der Waals surface area (Å²) in [6, 6.07) is 110. The van der Waals surface area contributed by atoms with Gasteiger partial charge in [-0.1, -0.05) is 222 Å². The molecular formula is C90H61N5. The van der Waals surface area contributed by atoms with E-state index >= 15 is 0 Å². The van der Waals surface area contributed by atoms with E-state index in [0.717, 1.165) is 55.2 Å². The molecule has 2 aliphatic rings. The van der Waals surface area contributed by atoms with E-state index in [-0.39, 0.29) is 10.8 Å². The van der Waals surface area contributed by atoms with Crippen molar-refractivity contribution >= 4 is 87.1 Å². The smallest absolute Gasteiger partial charge is 0.160 e. The highest BCUT2D eigenvalue weighted by atomic mass is 15.0. The Morgan fingerprint density at radius 2 is 0.642 bits per heavy atom. The monoisotopic (exact) mass is 1210 g/mol. The van der Waals surface area contributed by atoms with E-state index in [4.69, 9.17) is 9.97 Å². The lowest BCUT2D eigenvalue weighted by Crippen LogP contribution is -2.15. The number of hydrogen-bond acceptors (Lipinski definition) is 2. The number of aromatic nitrogens is 5. The Labute approximate surface area is 549 Å². The van der Waals surface area contributed by atoms with Crippen molar-refractivity contribution in [1.29, 1.82) is 0 Å². The van der Waals surface area contributed by atoms with E-state index in [0.29, 0.717) is 5.82 Å². The minimum atomic E-state index is -0.110. The van der Waals surface area contributed by atoms with Gasteiger partial charge < -0.3 is 13.7 Å². The van der Waals surface area contributed by atoms with Gasteiger partial charge in [-0.15, -0.1) is 0 Å². The number of hydrogen-bond donors (Lipinski definition) is 0. The molecule has 0 N–H and O–H groups in total. The van der Waals surface area contributed by atoms with Crippen LogP contribution in [0.15, 0.2) is 297 Å². The molecule has 5 heteroatoms. The van der Waals surface area contributed by atoms with Crippen LogP contribution in [-0.4, -0.2) is 23.7 Å². The summed E-state index contributed by atoms with van der Waals surface area (Å²) in [4.78, 5) is 10.6. The zero-order valence-corrected chi connectivity index (χ0v) is 53.0. The summed E-state index contributed by atoms with van der Waals surface area (Å²) < 4.78 is 7.39. The van der Waals surface area contributed by atoms with E-state index in [2.05, 4.69) is 333 Å². The van der Waals surface area contributed by atoms with E-state index in [1.807, 2.05) is 6.07 Å². The van der Waals surface area contributed by atoms with Gasteiger partial charge in [0.2, 0.25) is 0 Å². The number of nitrogens with zero attached hydrogens (tertiary/aromatic N) is 5. The number of fused-ring (bicyclic) bond motifs is 18. The van der Waals surface area contributed by atoms with Crippen molar-refractivity contribution in [3.05, 3.63) is 320 Å². The van der Waals surface area contributed by atoms with Crippen LogP contribution in [0.5, 0.6) is 0 Å². The van der Waals surface area contributed by atoms with Crippen LogP contribution < -0.4 is 0 Å². The summed E-state index contributed by atoms with van der Waals surface area (Å²) in [5.74, 6) is 0.709. The SMILES string of the molecule is CC1(C)c2ccccc2-c2ccc(-n3c4ccccc4c4cc(-c5ccc6c(c5)c5cc(-c7ccc8c(c7)c7ccccc7n8-c7ccc8c(c7)C(C)(C)c7ccccc7-8)ccc5n6-c5ccc(-c6nc(-c7ccccc7)nc7ccc8ccccc8c67)cc5)ccc43)cc21. The molecule has 0 saturated carbocycles. The van der Waals surface area contributed by atoms with Crippen LogP contribution in [0, 0.1) is 0 Å². The number of benzene rings is 14. The largest absolute Gasteiger partial charge is 0.309 e. The van der Waals surface area contributed by atoms with Crippen LogP contribution in [-0.2, 0) is 10.8 Å². The van der Waals surface area contributed by atoms with Gasteiger partial charge in [0.1, 0.15) is 0 Å². The Hall–Kier alpha value is -11.9. The van der Waals surface area contributed by atoms with Crippen molar-refractivity contribution in [3.63, 3.8) is 0 Å². The summed E-state index contributed by atoms with van der Waals surface area (Å²) in [6.45, 7) is 9.47. The van der Waals surface area contributed by atoms with Gasteiger partial charge in [0, 0.05) is 76.7 Å². The van der Waals surface area contributed by atoms with Gasteiger partial charge in [-0.25, -0.2) is 9.97 Å². The van der Waals surface area contributed by atoms with Gasteiger partial charge in [-0.05, 0) is 181 Å². The van der Waals surface area contributed by atoms with Gasteiger partial charge >= 0.3 is 0 Å². The van der Waals surface area contributed by atoms with Gasteiger partial charge in [-0.2, -0.15) is 0 Å². The first-order valence-corrected chi connectivity index (χ1v) is 33.1. The Bertz CT molecular complexity index is 6050. The average molecular weight is 1210 g/mol. The Morgan fingerprint density at radius 3 is 1.16 bits per heavy atom. The van der Waals surface area contributed by atoms with Gasteiger partial charge in [0.25, 0.3) is 0 Å². The lowest BCUT2D eigenvalue weighted by atomic mass is 9.82. The quantitative estimate of drug-likeness (QED) is 0.149. The fourth-order valence-corrected chi connectivity index (χ4v) is 16.8. The van der Waals surface area contributed by atoms with E-state index in [1.54, 1.807) is 0 Å². The third kappa shape index (κ3) is 7.78. The molecule has 0 bridgehead atoms. The number of rotatable bonds is 7. The molecule has 5 nitrogen and oxygen atoms in total. The molecule has 4 heterocycles. The van der Waals surface area contributed by atoms with E-state index in [1.165, 1.54) is 133 Å². The maximum atomic E-state index is 5.39. The van der Waals surface area contributed by atoms with Gasteiger partial charge in [0.05, 0.1) is 44.3 Å².